The Kier molecular flexibility index (Phi) is 8.21. The molecule has 0 aromatic heterocycles. The summed E-state index contributed by atoms with van der Waals surface area (Å²) in [7, 11) is 1.58. The van der Waals surface area contributed by atoms with Gasteiger partial charge in [0.25, 0.3) is 0 Å². The fourth-order valence-electron chi connectivity index (χ4n) is 2.43. The molecule has 0 unspecified atom stereocenters. The molecule has 0 aromatic rings. The van der Waals surface area contributed by atoms with E-state index in [-0.39, 0.29) is 18.4 Å². The molecule has 0 aliphatic heterocycles. The third kappa shape index (κ3) is 7.82. The van der Waals surface area contributed by atoms with E-state index in [9.17, 15) is 9.59 Å². The molecule has 5 heteroatoms. The van der Waals surface area contributed by atoms with Gasteiger partial charge in [-0.05, 0) is 12.3 Å². The highest BCUT2D eigenvalue weighted by Gasteiger charge is 2.14. The zero-order valence-corrected chi connectivity index (χ0v) is 11.9. The lowest BCUT2D eigenvalue weighted by Gasteiger charge is -2.20. The maximum atomic E-state index is 11.6. The molecule has 0 spiro atoms. The summed E-state index contributed by atoms with van der Waals surface area (Å²) in [4.78, 5) is 23.0. The van der Waals surface area contributed by atoms with E-state index in [1.54, 1.807) is 7.11 Å². The predicted octanol–water partition coefficient (Wildman–Crippen LogP) is 1.23. The number of ether oxygens (including phenoxy) is 1. The number of rotatable bonds is 8. The van der Waals surface area contributed by atoms with Crippen LogP contribution in [0.15, 0.2) is 0 Å². The largest absolute Gasteiger partial charge is 0.383 e. The van der Waals surface area contributed by atoms with E-state index in [1.807, 2.05) is 0 Å². The highest BCUT2D eigenvalue weighted by atomic mass is 16.5. The fraction of sp³-hybridized carbons (Fsp3) is 0.857. The highest BCUT2D eigenvalue weighted by molar-refractivity contribution is 5.84. The average molecular weight is 270 g/mol. The molecule has 0 atom stereocenters. The fourth-order valence-corrected chi connectivity index (χ4v) is 2.43. The van der Waals surface area contributed by atoms with Crippen molar-refractivity contribution in [2.24, 2.45) is 5.92 Å². The van der Waals surface area contributed by atoms with Gasteiger partial charge in [0.15, 0.2) is 0 Å². The summed E-state index contributed by atoms with van der Waals surface area (Å²) in [6.45, 7) is 1.03. The van der Waals surface area contributed by atoms with Crippen molar-refractivity contribution in [2.45, 2.75) is 44.9 Å². The van der Waals surface area contributed by atoms with E-state index in [0.29, 0.717) is 25.5 Å². The van der Waals surface area contributed by atoms with Gasteiger partial charge in [-0.15, -0.1) is 0 Å². The minimum atomic E-state index is -0.164. The van der Waals surface area contributed by atoms with E-state index in [1.165, 1.54) is 32.1 Å². The van der Waals surface area contributed by atoms with Crippen LogP contribution in [0.2, 0.25) is 0 Å². The second-order valence-corrected chi connectivity index (χ2v) is 5.16. The standard InChI is InChI=1S/C14H26N2O3/c1-19-10-9-15-14(18)11-16-13(17)8-7-12-5-3-2-4-6-12/h12H,2-11H2,1H3,(H,15,18)(H,16,17). The number of amides is 2. The maximum Gasteiger partial charge on any atom is 0.239 e. The quantitative estimate of drug-likeness (QED) is 0.652. The molecular weight excluding hydrogens is 244 g/mol. The van der Waals surface area contributed by atoms with Crippen LogP contribution in [0, 0.1) is 5.92 Å². The molecule has 0 saturated heterocycles. The monoisotopic (exact) mass is 270 g/mol. The summed E-state index contributed by atoms with van der Waals surface area (Å²) in [6.07, 6.45) is 7.94. The minimum absolute atomic E-state index is 0.0209. The van der Waals surface area contributed by atoms with Gasteiger partial charge < -0.3 is 15.4 Å². The molecule has 19 heavy (non-hydrogen) atoms. The lowest BCUT2D eigenvalue weighted by Crippen LogP contribution is -2.38. The molecule has 2 amide bonds. The molecule has 2 N–H and O–H groups in total. The Labute approximate surface area is 115 Å². The van der Waals surface area contributed by atoms with Crippen LogP contribution in [0.4, 0.5) is 0 Å². The van der Waals surface area contributed by atoms with Gasteiger partial charge >= 0.3 is 0 Å². The molecule has 5 nitrogen and oxygen atoms in total. The number of methoxy groups -OCH3 is 1. The third-order valence-electron chi connectivity index (χ3n) is 3.58. The smallest absolute Gasteiger partial charge is 0.239 e. The van der Waals surface area contributed by atoms with Crippen molar-refractivity contribution in [1.29, 1.82) is 0 Å². The van der Waals surface area contributed by atoms with Crippen LogP contribution in [-0.2, 0) is 14.3 Å². The Morgan fingerprint density at radius 1 is 1.11 bits per heavy atom. The van der Waals surface area contributed by atoms with E-state index in [2.05, 4.69) is 10.6 Å². The van der Waals surface area contributed by atoms with E-state index in [0.717, 1.165) is 6.42 Å². The Balaban J connectivity index is 2.02. The Morgan fingerprint density at radius 3 is 2.53 bits per heavy atom. The lowest BCUT2D eigenvalue weighted by molar-refractivity contribution is -0.126. The zero-order chi connectivity index (χ0) is 13.9. The summed E-state index contributed by atoms with van der Waals surface area (Å²) in [5, 5.41) is 5.32. The van der Waals surface area contributed by atoms with Gasteiger partial charge in [-0.2, -0.15) is 0 Å². The van der Waals surface area contributed by atoms with Gasteiger partial charge in [0, 0.05) is 20.1 Å². The van der Waals surface area contributed by atoms with Crippen LogP contribution in [0.3, 0.4) is 0 Å². The van der Waals surface area contributed by atoms with Crippen LogP contribution >= 0.6 is 0 Å². The molecule has 0 heterocycles. The van der Waals surface area contributed by atoms with Gasteiger partial charge in [-0.25, -0.2) is 0 Å². The zero-order valence-electron chi connectivity index (χ0n) is 11.9. The molecule has 1 fully saturated rings. The number of hydrogen-bond donors (Lipinski definition) is 2. The van der Waals surface area contributed by atoms with Crippen molar-refractivity contribution in [1.82, 2.24) is 10.6 Å². The third-order valence-corrected chi connectivity index (χ3v) is 3.58. The number of carbonyl (C=O) groups is 2. The topological polar surface area (TPSA) is 67.4 Å². The molecular formula is C14H26N2O3. The second kappa shape index (κ2) is 9.78. The SMILES string of the molecule is COCCNC(=O)CNC(=O)CCC1CCCCC1. The van der Waals surface area contributed by atoms with Crippen molar-refractivity contribution >= 4 is 11.8 Å². The maximum absolute atomic E-state index is 11.6. The second-order valence-electron chi connectivity index (χ2n) is 5.16. The summed E-state index contributed by atoms with van der Waals surface area (Å²) < 4.78 is 4.82. The first-order valence-corrected chi connectivity index (χ1v) is 7.24. The molecule has 1 rings (SSSR count). The summed E-state index contributed by atoms with van der Waals surface area (Å²) in [5.74, 6) is 0.519. The van der Waals surface area contributed by atoms with Crippen molar-refractivity contribution < 1.29 is 14.3 Å². The van der Waals surface area contributed by atoms with Crippen molar-refractivity contribution in [3.8, 4) is 0 Å². The first kappa shape index (κ1) is 16.0. The first-order valence-electron chi connectivity index (χ1n) is 7.24. The van der Waals surface area contributed by atoms with Crippen LogP contribution < -0.4 is 10.6 Å². The summed E-state index contributed by atoms with van der Waals surface area (Å²) >= 11 is 0. The van der Waals surface area contributed by atoms with Crippen molar-refractivity contribution in [3.63, 3.8) is 0 Å². The van der Waals surface area contributed by atoms with E-state index < -0.39 is 0 Å². The first-order chi connectivity index (χ1) is 9.22. The molecule has 1 aliphatic carbocycles. The van der Waals surface area contributed by atoms with Gasteiger partial charge in [-0.1, -0.05) is 32.1 Å². The van der Waals surface area contributed by atoms with E-state index in [4.69, 9.17) is 4.74 Å². The van der Waals surface area contributed by atoms with Crippen molar-refractivity contribution in [2.75, 3.05) is 26.8 Å². The Bertz CT molecular complexity index is 276. The Morgan fingerprint density at radius 2 is 1.84 bits per heavy atom. The molecule has 1 saturated carbocycles. The Hall–Kier alpha value is -1.10. The van der Waals surface area contributed by atoms with Crippen LogP contribution in [0.5, 0.6) is 0 Å². The number of carbonyl (C=O) groups excluding carboxylic acids is 2. The molecule has 110 valence electrons. The molecule has 1 aliphatic rings. The summed E-state index contributed by atoms with van der Waals surface area (Å²) in [6, 6.07) is 0. The normalized spacial score (nSPS) is 16.1. The predicted molar refractivity (Wildman–Crippen MR) is 73.7 cm³/mol. The van der Waals surface area contributed by atoms with Gasteiger partial charge in [-0.3, -0.25) is 9.59 Å². The van der Waals surface area contributed by atoms with Crippen molar-refractivity contribution in [3.05, 3.63) is 0 Å². The van der Waals surface area contributed by atoms with Gasteiger partial charge in [0.1, 0.15) is 0 Å². The average Bonchev–Trinajstić information content (AvgIpc) is 2.44. The van der Waals surface area contributed by atoms with Gasteiger partial charge in [0.2, 0.25) is 11.8 Å². The molecule has 0 bridgehead atoms. The van der Waals surface area contributed by atoms with Gasteiger partial charge in [0.05, 0.1) is 13.2 Å². The number of nitrogens with one attached hydrogen (secondary N) is 2. The van der Waals surface area contributed by atoms with Crippen LogP contribution in [-0.4, -0.2) is 38.6 Å². The van der Waals surface area contributed by atoms with E-state index >= 15 is 0 Å². The molecule has 0 aromatic carbocycles. The number of hydrogen-bond acceptors (Lipinski definition) is 3. The highest BCUT2D eigenvalue weighted by Crippen LogP contribution is 2.27. The van der Waals surface area contributed by atoms with Crippen LogP contribution in [0.1, 0.15) is 44.9 Å². The summed E-state index contributed by atoms with van der Waals surface area (Å²) in [5.41, 5.74) is 0. The van der Waals surface area contributed by atoms with Crippen LogP contribution in [0.25, 0.3) is 0 Å². The minimum Gasteiger partial charge on any atom is -0.383 e. The molecule has 0 radical (unpaired) electrons. The lowest BCUT2D eigenvalue weighted by atomic mass is 9.86.